The smallest absolute Gasteiger partial charge is 0.256 e. The van der Waals surface area contributed by atoms with Crippen molar-refractivity contribution in [3.8, 4) is 11.5 Å². The van der Waals surface area contributed by atoms with Crippen molar-refractivity contribution in [3.05, 3.63) is 84.1 Å². The van der Waals surface area contributed by atoms with Crippen LogP contribution < -0.4 is 10.6 Å². The van der Waals surface area contributed by atoms with Crippen LogP contribution in [-0.2, 0) is 0 Å². The van der Waals surface area contributed by atoms with Gasteiger partial charge in [-0.3, -0.25) is 9.59 Å². The summed E-state index contributed by atoms with van der Waals surface area (Å²) in [7, 11) is 0. The van der Waals surface area contributed by atoms with Crippen molar-refractivity contribution in [3.63, 3.8) is 0 Å². The number of rotatable bonds is 5. The Bertz CT molecular complexity index is 1200. The molecule has 0 aliphatic heterocycles. The second kappa shape index (κ2) is 8.21. The van der Waals surface area contributed by atoms with Crippen LogP contribution in [0.2, 0.25) is 0 Å². The van der Waals surface area contributed by atoms with Gasteiger partial charge in [-0.1, -0.05) is 18.2 Å². The van der Waals surface area contributed by atoms with Gasteiger partial charge in [0.1, 0.15) is 5.69 Å². The minimum absolute atomic E-state index is 0.0557. The number of fused-ring (bicyclic) bond motifs is 1. The summed E-state index contributed by atoms with van der Waals surface area (Å²) in [5.41, 5.74) is 2.92. The number of nitrogens with zero attached hydrogens (tertiary/aromatic N) is 1. The molecule has 2 aromatic carbocycles. The quantitative estimate of drug-likeness (QED) is 0.501. The molecule has 4 rings (SSSR count). The fraction of sp³-hybridized carbons (Fsp3) is 0.125. The number of para-hydroxylation sites is 1. The molecule has 0 saturated carbocycles. The first-order valence-electron chi connectivity index (χ1n) is 9.67. The predicted molar refractivity (Wildman–Crippen MR) is 116 cm³/mol. The van der Waals surface area contributed by atoms with Crippen molar-refractivity contribution in [2.45, 2.75) is 19.9 Å². The van der Waals surface area contributed by atoms with E-state index < -0.39 is 0 Å². The summed E-state index contributed by atoms with van der Waals surface area (Å²) in [6.07, 6.45) is 1.57. The third-order valence-corrected chi connectivity index (χ3v) is 4.56. The average Bonchev–Trinajstić information content (AvgIpc) is 3.28. The van der Waals surface area contributed by atoms with Crippen LogP contribution in [0, 0.1) is 0 Å². The lowest BCUT2D eigenvalue weighted by Crippen LogP contribution is -2.30. The van der Waals surface area contributed by atoms with Gasteiger partial charge in [0.15, 0.2) is 5.76 Å². The minimum atomic E-state index is -0.263. The summed E-state index contributed by atoms with van der Waals surface area (Å²) in [5, 5.41) is 6.49. The van der Waals surface area contributed by atoms with E-state index in [9.17, 15) is 9.59 Å². The first kappa shape index (κ1) is 19.4. The first-order chi connectivity index (χ1) is 14.5. The van der Waals surface area contributed by atoms with Gasteiger partial charge in [-0.15, -0.1) is 0 Å². The van der Waals surface area contributed by atoms with E-state index in [2.05, 4.69) is 15.6 Å². The number of carbonyl (C=O) groups is 2. The molecule has 0 bridgehead atoms. The molecule has 0 spiro atoms. The van der Waals surface area contributed by atoms with Crippen LogP contribution in [0.1, 0.15) is 34.6 Å². The topological polar surface area (TPSA) is 84.2 Å². The fourth-order valence-electron chi connectivity index (χ4n) is 3.16. The molecule has 0 atom stereocenters. The minimum Gasteiger partial charge on any atom is -0.463 e. The van der Waals surface area contributed by atoms with Crippen molar-refractivity contribution in [1.29, 1.82) is 0 Å². The fourth-order valence-corrected chi connectivity index (χ4v) is 3.16. The van der Waals surface area contributed by atoms with E-state index >= 15 is 0 Å². The van der Waals surface area contributed by atoms with Gasteiger partial charge in [-0.05, 0) is 62.4 Å². The predicted octanol–water partition coefficient (Wildman–Crippen LogP) is 4.89. The van der Waals surface area contributed by atoms with Gasteiger partial charge in [0.2, 0.25) is 0 Å². The number of benzene rings is 2. The molecule has 4 aromatic rings. The highest BCUT2D eigenvalue weighted by Gasteiger charge is 2.15. The van der Waals surface area contributed by atoms with Crippen LogP contribution in [0.3, 0.4) is 0 Å². The summed E-state index contributed by atoms with van der Waals surface area (Å²) in [6.45, 7) is 3.81. The number of aromatic nitrogens is 1. The lowest BCUT2D eigenvalue weighted by atomic mass is 10.1. The van der Waals surface area contributed by atoms with Gasteiger partial charge in [0.05, 0.1) is 17.3 Å². The lowest BCUT2D eigenvalue weighted by molar-refractivity contribution is 0.0942. The molecule has 0 saturated heterocycles. The third-order valence-electron chi connectivity index (χ3n) is 4.56. The number of anilines is 1. The molecule has 0 fully saturated rings. The van der Waals surface area contributed by atoms with E-state index in [1.54, 1.807) is 48.7 Å². The molecular formula is C24H21N3O3. The second-order valence-corrected chi connectivity index (χ2v) is 7.21. The van der Waals surface area contributed by atoms with Crippen molar-refractivity contribution in [2.24, 2.45) is 0 Å². The number of furan rings is 1. The Hall–Kier alpha value is -3.93. The maximum absolute atomic E-state index is 13.1. The van der Waals surface area contributed by atoms with Crippen LogP contribution in [0.4, 0.5) is 5.69 Å². The number of amides is 2. The van der Waals surface area contributed by atoms with Crippen molar-refractivity contribution in [1.82, 2.24) is 10.3 Å². The van der Waals surface area contributed by atoms with Crippen LogP contribution in [0.15, 0.2) is 77.4 Å². The summed E-state index contributed by atoms with van der Waals surface area (Å²) < 4.78 is 5.45. The third kappa shape index (κ3) is 4.07. The van der Waals surface area contributed by atoms with Gasteiger partial charge in [0.25, 0.3) is 11.8 Å². The standard InChI is InChI=1S/C24H21N3O3/c1-15(2)25-23(28)16-9-11-17(12-10-16)26-24(29)19-14-21(22-8-5-13-30-22)27-20-7-4-3-6-18(19)20/h3-15H,1-2H3,(H,25,28)(H,26,29). The Kier molecular flexibility index (Phi) is 5.30. The van der Waals surface area contributed by atoms with Crippen LogP contribution in [0.5, 0.6) is 0 Å². The maximum Gasteiger partial charge on any atom is 0.256 e. The van der Waals surface area contributed by atoms with Gasteiger partial charge < -0.3 is 15.1 Å². The molecule has 30 heavy (non-hydrogen) atoms. The molecule has 0 aliphatic carbocycles. The SMILES string of the molecule is CC(C)NC(=O)c1ccc(NC(=O)c2cc(-c3ccco3)nc3ccccc23)cc1. The van der Waals surface area contributed by atoms with E-state index in [0.717, 1.165) is 5.39 Å². The van der Waals surface area contributed by atoms with E-state index in [0.29, 0.717) is 33.8 Å². The molecule has 150 valence electrons. The normalized spacial score (nSPS) is 10.9. The van der Waals surface area contributed by atoms with Crippen molar-refractivity contribution >= 4 is 28.4 Å². The molecule has 0 unspecified atom stereocenters. The summed E-state index contributed by atoms with van der Waals surface area (Å²) in [6, 6.07) is 19.6. The highest BCUT2D eigenvalue weighted by atomic mass is 16.3. The number of hydrogen-bond donors (Lipinski definition) is 2. The summed E-state index contributed by atoms with van der Waals surface area (Å²) in [5.74, 6) is 0.183. The Morgan fingerprint density at radius 2 is 1.70 bits per heavy atom. The van der Waals surface area contributed by atoms with Gasteiger partial charge in [-0.25, -0.2) is 4.98 Å². The Morgan fingerprint density at radius 3 is 2.40 bits per heavy atom. The van der Waals surface area contributed by atoms with Crippen molar-refractivity contribution in [2.75, 3.05) is 5.32 Å². The highest BCUT2D eigenvalue weighted by molar-refractivity contribution is 6.13. The van der Waals surface area contributed by atoms with Gasteiger partial charge in [0, 0.05) is 22.7 Å². The molecule has 0 aliphatic rings. The summed E-state index contributed by atoms with van der Waals surface area (Å²) in [4.78, 5) is 29.8. The van der Waals surface area contributed by atoms with Gasteiger partial charge in [-0.2, -0.15) is 0 Å². The zero-order chi connectivity index (χ0) is 21.1. The Morgan fingerprint density at radius 1 is 0.933 bits per heavy atom. The Balaban J connectivity index is 1.62. The Labute approximate surface area is 173 Å². The van der Waals surface area contributed by atoms with Crippen LogP contribution in [-0.4, -0.2) is 22.8 Å². The largest absolute Gasteiger partial charge is 0.463 e. The number of nitrogens with one attached hydrogen (secondary N) is 2. The monoisotopic (exact) mass is 399 g/mol. The molecule has 2 N–H and O–H groups in total. The molecule has 2 amide bonds. The van der Waals surface area contributed by atoms with E-state index in [4.69, 9.17) is 4.42 Å². The maximum atomic E-state index is 13.1. The van der Waals surface area contributed by atoms with E-state index in [-0.39, 0.29) is 17.9 Å². The first-order valence-corrected chi connectivity index (χ1v) is 9.67. The van der Waals surface area contributed by atoms with Gasteiger partial charge >= 0.3 is 0 Å². The number of hydrogen-bond acceptors (Lipinski definition) is 4. The van der Waals surface area contributed by atoms with E-state index in [1.165, 1.54) is 0 Å². The number of carbonyl (C=O) groups excluding carboxylic acids is 2. The van der Waals surface area contributed by atoms with Crippen LogP contribution in [0.25, 0.3) is 22.4 Å². The molecule has 2 heterocycles. The lowest BCUT2D eigenvalue weighted by Gasteiger charge is -2.11. The highest BCUT2D eigenvalue weighted by Crippen LogP contribution is 2.26. The molecule has 6 nitrogen and oxygen atoms in total. The zero-order valence-corrected chi connectivity index (χ0v) is 16.7. The summed E-state index contributed by atoms with van der Waals surface area (Å²) >= 11 is 0. The molecular weight excluding hydrogens is 378 g/mol. The average molecular weight is 399 g/mol. The number of pyridine rings is 1. The molecule has 6 heteroatoms. The molecule has 2 aromatic heterocycles. The second-order valence-electron chi connectivity index (χ2n) is 7.21. The van der Waals surface area contributed by atoms with E-state index in [1.807, 2.05) is 38.1 Å². The van der Waals surface area contributed by atoms with Crippen LogP contribution >= 0.6 is 0 Å². The van der Waals surface area contributed by atoms with Crippen molar-refractivity contribution < 1.29 is 14.0 Å². The zero-order valence-electron chi connectivity index (χ0n) is 16.7. The molecule has 0 radical (unpaired) electrons.